The Kier molecular flexibility index (Phi) is 4.72. The van der Waals surface area contributed by atoms with Gasteiger partial charge in [-0.15, -0.1) is 11.3 Å². The molecular formula is C13H24N4S. The minimum Gasteiger partial charge on any atom is -0.314 e. The van der Waals surface area contributed by atoms with E-state index in [1.54, 1.807) is 11.3 Å². The molecule has 0 bridgehead atoms. The smallest absolute Gasteiger partial charge is 0.107 e. The number of hydrogen-bond acceptors (Lipinski definition) is 5. The number of likely N-dealkylation sites (N-methyl/N-ethyl adjacent to an activating group) is 1. The van der Waals surface area contributed by atoms with E-state index in [2.05, 4.69) is 46.5 Å². The first-order valence-corrected chi connectivity index (χ1v) is 7.44. The molecule has 4 nitrogen and oxygen atoms in total. The lowest BCUT2D eigenvalue weighted by Crippen LogP contribution is -2.34. The van der Waals surface area contributed by atoms with Crippen LogP contribution in [0.15, 0.2) is 5.38 Å². The molecule has 0 amide bonds. The first-order valence-electron chi connectivity index (χ1n) is 6.56. The zero-order valence-corrected chi connectivity index (χ0v) is 12.6. The van der Waals surface area contributed by atoms with Crippen molar-refractivity contribution in [3.05, 3.63) is 16.1 Å². The molecule has 0 aromatic carbocycles. The molecule has 1 fully saturated rings. The van der Waals surface area contributed by atoms with E-state index in [9.17, 15) is 0 Å². The number of nitrogens with one attached hydrogen (secondary N) is 1. The highest BCUT2D eigenvalue weighted by Gasteiger charge is 2.30. The van der Waals surface area contributed by atoms with Gasteiger partial charge in [0, 0.05) is 37.6 Å². The van der Waals surface area contributed by atoms with Gasteiger partial charge in [-0.05, 0) is 27.1 Å². The lowest BCUT2D eigenvalue weighted by Gasteiger charge is -2.22. The molecule has 1 saturated heterocycles. The first kappa shape index (κ1) is 13.9. The Morgan fingerprint density at radius 2 is 2.28 bits per heavy atom. The number of thiazole rings is 1. The van der Waals surface area contributed by atoms with Crippen molar-refractivity contribution in [2.75, 3.05) is 34.2 Å². The molecule has 0 spiro atoms. The molecule has 1 N–H and O–H groups in total. The highest BCUT2D eigenvalue weighted by atomic mass is 32.1. The van der Waals surface area contributed by atoms with Crippen LogP contribution >= 0.6 is 11.3 Å². The summed E-state index contributed by atoms with van der Waals surface area (Å²) in [6, 6.07) is 0.681. The molecule has 0 saturated carbocycles. The second-order valence-corrected chi connectivity index (χ2v) is 6.41. The molecule has 2 rings (SSSR count). The Balaban J connectivity index is 1.90. The van der Waals surface area contributed by atoms with E-state index in [1.807, 2.05) is 7.05 Å². The van der Waals surface area contributed by atoms with E-state index in [1.165, 1.54) is 17.2 Å². The molecule has 1 aromatic heterocycles. The molecule has 1 aliphatic rings. The zero-order chi connectivity index (χ0) is 13.1. The van der Waals surface area contributed by atoms with Crippen LogP contribution in [0.2, 0.25) is 0 Å². The summed E-state index contributed by atoms with van der Waals surface area (Å²) >= 11 is 1.75. The Hall–Kier alpha value is -0.490. The summed E-state index contributed by atoms with van der Waals surface area (Å²) in [4.78, 5) is 9.53. The Morgan fingerprint density at radius 1 is 1.50 bits per heavy atom. The number of likely N-dealkylation sites (tertiary alicyclic amines) is 1. The van der Waals surface area contributed by atoms with Crippen LogP contribution in [0.4, 0.5) is 0 Å². The fourth-order valence-corrected chi connectivity index (χ4v) is 3.53. The quantitative estimate of drug-likeness (QED) is 0.871. The third kappa shape index (κ3) is 3.29. The maximum absolute atomic E-state index is 4.66. The second-order valence-electron chi connectivity index (χ2n) is 5.47. The summed E-state index contributed by atoms with van der Waals surface area (Å²) in [7, 11) is 6.32. The van der Waals surface area contributed by atoms with Crippen LogP contribution in [0.5, 0.6) is 0 Å². The van der Waals surface area contributed by atoms with E-state index in [0.717, 1.165) is 25.6 Å². The largest absolute Gasteiger partial charge is 0.314 e. The summed E-state index contributed by atoms with van der Waals surface area (Å²) < 4.78 is 0. The van der Waals surface area contributed by atoms with Gasteiger partial charge in [0.15, 0.2) is 0 Å². The van der Waals surface area contributed by atoms with Gasteiger partial charge in [-0.2, -0.15) is 0 Å². The maximum atomic E-state index is 4.66. The molecule has 5 heteroatoms. The van der Waals surface area contributed by atoms with Crippen molar-refractivity contribution in [2.45, 2.75) is 26.1 Å². The van der Waals surface area contributed by atoms with Crippen molar-refractivity contribution in [1.29, 1.82) is 0 Å². The van der Waals surface area contributed by atoms with Crippen molar-refractivity contribution in [3.8, 4) is 0 Å². The average Bonchev–Trinajstić information content (AvgIpc) is 2.87. The molecule has 2 unspecified atom stereocenters. The van der Waals surface area contributed by atoms with Crippen LogP contribution in [0.1, 0.15) is 17.6 Å². The number of aromatic nitrogens is 1. The van der Waals surface area contributed by atoms with Gasteiger partial charge in [0.2, 0.25) is 0 Å². The summed E-state index contributed by atoms with van der Waals surface area (Å²) in [5, 5.41) is 6.53. The standard InChI is InChI=1S/C13H24N4S/c1-10-6-17(8-12(10)16(3)4)7-11-9-18-13(15-11)5-14-2/h9-10,12,14H,5-8H2,1-4H3. The third-order valence-corrected chi connectivity index (χ3v) is 4.52. The highest BCUT2D eigenvalue weighted by molar-refractivity contribution is 7.09. The predicted molar refractivity (Wildman–Crippen MR) is 76.8 cm³/mol. The van der Waals surface area contributed by atoms with Crippen LogP contribution in [-0.4, -0.2) is 55.1 Å². The lowest BCUT2D eigenvalue weighted by molar-refractivity contribution is 0.249. The summed E-state index contributed by atoms with van der Waals surface area (Å²) in [5.74, 6) is 0.746. The molecule has 2 atom stereocenters. The Bertz CT molecular complexity index is 377. The van der Waals surface area contributed by atoms with Gasteiger partial charge in [-0.3, -0.25) is 4.90 Å². The molecule has 1 aromatic rings. The van der Waals surface area contributed by atoms with Crippen LogP contribution in [0.3, 0.4) is 0 Å². The van der Waals surface area contributed by atoms with Crippen molar-refractivity contribution in [1.82, 2.24) is 20.1 Å². The van der Waals surface area contributed by atoms with Crippen LogP contribution in [-0.2, 0) is 13.1 Å². The number of hydrogen-bond donors (Lipinski definition) is 1. The monoisotopic (exact) mass is 268 g/mol. The van der Waals surface area contributed by atoms with Gasteiger partial charge >= 0.3 is 0 Å². The maximum Gasteiger partial charge on any atom is 0.107 e. The zero-order valence-electron chi connectivity index (χ0n) is 11.8. The minimum atomic E-state index is 0.681. The molecule has 18 heavy (non-hydrogen) atoms. The minimum absolute atomic E-state index is 0.681. The highest BCUT2D eigenvalue weighted by Crippen LogP contribution is 2.22. The van der Waals surface area contributed by atoms with Crippen molar-refractivity contribution < 1.29 is 0 Å². The van der Waals surface area contributed by atoms with E-state index >= 15 is 0 Å². The van der Waals surface area contributed by atoms with Crippen LogP contribution < -0.4 is 5.32 Å². The van der Waals surface area contributed by atoms with E-state index in [0.29, 0.717) is 6.04 Å². The molecule has 2 heterocycles. The normalized spacial score (nSPS) is 25.2. The van der Waals surface area contributed by atoms with E-state index in [4.69, 9.17) is 0 Å². The van der Waals surface area contributed by atoms with Crippen LogP contribution in [0, 0.1) is 5.92 Å². The number of nitrogens with zero attached hydrogens (tertiary/aromatic N) is 3. The van der Waals surface area contributed by atoms with Gasteiger partial charge < -0.3 is 10.2 Å². The lowest BCUT2D eigenvalue weighted by atomic mass is 10.1. The first-order chi connectivity index (χ1) is 8.60. The summed E-state index contributed by atoms with van der Waals surface area (Å²) in [6.45, 7) is 6.56. The van der Waals surface area contributed by atoms with Gasteiger partial charge in [-0.25, -0.2) is 4.98 Å². The topological polar surface area (TPSA) is 31.4 Å². The summed E-state index contributed by atoms with van der Waals surface area (Å²) in [5.41, 5.74) is 1.22. The summed E-state index contributed by atoms with van der Waals surface area (Å²) in [6.07, 6.45) is 0. The van der Waals surface area contributed by atoms with Gasteiger partial charge in [0.05, 0.1) is 5.69 Å². The van der Waals surface area contributed by atoms with Gasteiger partial charge in [0.1, 0.15) is 5.01 Å². The molecule has 0 radical (unpaired) electrons. The molecule has 102 valence electrons. The SMILES string of the molecule is CNCc1nc(CN2CC(C)C(N(C)C)C2)cs1. The fraction of sp³-hybridized carbons (Fsp3) is 0.769. The fourth-order valence-electron chi connectivity index (χ4n) is 2.73. The predicted octanol–water partition coefficient (Wildman–Crippen LogP) is 1.24. The van der Waals surface area contributed by atoms with E-state index < -0.39 is 0 Å². The van der Waals surface area contributed by atoms with Gasteiger partial charge in [0.25, 0.3) is 0 Å². The molecule has 0 aliphatic carbocycles. The third-order valence-electron chi connectivity index (χ3n) is 3.62. The molecular weight excluding hydrogens is 244 g/mol. The van der Waals surface area contributed by atoms with E-state index in [-0.39, 0.29) is 0 Å². The Morgan fingerprint density at radius 3 is 2.89 bits per heavy atom. The van der Waals surface area contributed by atoms with Gasteiger partial charge in [-0.1, -0.05) is 6.92 Å². The molecule has 1 aliphatic heterocycles. The van der Waals surface area contributed by atoms with Crippen molar-refractivity contribution in [2.24, 2.45) is 5.92 Å². The van der Waals surface area contributed by atoms with Crippen LogP contribution in [0.25, 0.3) is 0 Å². The van der Waals surface area contributed by atoms with Crippen molar-refractivity contribution >= 4 is 11.3 Å². The Labute approximate surface area is 114 Å². The number of rotatable bonds is 5. The average molecular weight is 268 g/mol. The second kappa shape index (κ2) is 6.10. The van der Waals surface area contributed by atoms with Crippen molar-refractivity contribution in [3.63, 3.8) is 0 Å².